The van der Waals surface area contributed by atoms with Crippen molar-refractivity contribution in [3.05, 3.63) is 65.2 Å². The van der Waals surface area contributed by atoms with Crippen molar-refractivity contribution < 1.29 is 14.3 Å². The number of nitrogens with one attached hydrogen (secondary N) is 1. The lowest BCUT2D eigenvalue weighted by Crippen LogP contribution is -2.37. The summed E-state index contributed by atoms with van der Waals surface area (Å²) in [5, 5.41) is 2.84. The van der Waals surface area contributed by atoms with Gasteiger partial charge >= 0.3 is 0 Å². The molecule has 6 nitrogen and oxygen atoms in total. The van der Waals surface area contributed by atoms with Crippen LogP contribution in [0, 0.1) is 6.92 Å². The molecule has 2 aromatic rings. The number of nitrogens with zero attached hydrogens (tertiary/aromatic N) is 2. The number of para-hydroxylation sites is 1. The van der Waals surface area contributed by atoms with Gasteiger partial charge in [-0.1, -0.05) is 36.4 Å². The molecule has 0 aromatic heterocycles. The van der Waals surface area contributed by atoms with Crippen LogP contribution in [0.2, 0.25) is 0 Å². The number of amides is 2. The molecule has 6 heteroatoms. The van der Waals surface area contributed by atoms with Gasteiger partial charge in [-0.15, -0.1) is 0 Å². The van der Waals surface area contributed by atoms with E-state index in [1.54, 1.807) is 11.0 Å². The highest BCUT2D eigenvalue weighted by Crippen LogP contribution is 2.22. The molecule has 1 heterocycles. The molecule has 3 rings (SSSR count). The second-order valence-corrected chi connectivity index (χ2v) is 7.30. The fourth-order valence-corrected chi connectivity index (χ4v) is 3.50. The number of hydrogen-bond acceptors (Lipinski definition) is 4. The van der Waals surface area contributed by atoms with E-state index >= 15 is 0 Å². The summed E-state index contributed by atoms with van der Waals surface area (Å²) in [6.45, 7) is 5.94. The molecule has 1 aliphatic heterocycles. The van der Waals surface area contributed by atoms with Crippen molar-refractivity contribution in [1.29, 1.82) is 0 Å². The van der Waals surface area contributed by atoms with Gasteiger partial charge in [-0.2, -0.15) is 0 Å². The Kier molecular flexibility index (Phi) is 7.25. The van der Waals surface area contributed by atoms with Gasteiger partial charge in [-0.3, -0.25) is 9.59 Å². The molecule has 2 amide bonds. The lowest BCUT2D eigenvalue weighted by atomic mass is 10.1. The quantitative estimate of drug-likeness (QED) is 0.783. The number of rotatable bonds is 7. The summed E-state index contributed by atoms with van der Waals surface area (Å²) in [5.41, 5.74) is 3.85. The van der Waals surface area contributed by atoms with E-state index in [1.165, 1.54) is 0 Å². The Morgan fingerprint density at radius 2 is 1.76 bits per heavy atom. The molecule has 0 atom stereocenters. The van der Waals surface area contributed by atoms with Crippen molar-refractivity contribution in [1.82, 2.24) is 10.2 Å². The molecule has 0 saturated carbocycles. The van der Waals surface area contributed by atoms with Gasteiger partial charge in [-0.25, -0.2) is 0 Å². The van der Waals surface area contributed by atoms with Gasteiger partial charge in [-0.05, 0) is 30.2 Å². The van der Waals surface area contributed by atoms with E-state index < -0.39 is 0 Å². The summed E-state index contributed by atoms with van der Waals surface area (Å²) in [6, 6.07) is 15.6. The molecule has 29 heavy (non-hydrogen) atoms. The first-order valence-corrected chi connectivity index (χ1v) is 10.0. The summed E-state index contributed by atoms with van der Waals surface area (Å²) in [5.74, 6) is -0.136. The summed E-state index contributed by atoms with van der Waals surface area (Å²) >= 11 is 0. The Hall–Kier alpha value is -2.86. The van der Waals surface area contributed by atoms with Crippen LogP contribution >= 0.6 is 0 Å². The number of aryl methyl sites for hydroxylation is 1. The maximum atomic E-state index is 12.6. The molecule has 0 aliphatic carbocycles. The molecule has 1 aliphatic rings. The molecule has 0 spiro atoms. The molecule has 154 valence electrons. The Bertz CT molecular complexity index is 847. The smallest absolute Gasteiger partial charge is 0.251 e. The first-order chi connectivity index (χ1) is 14.1. The number of anilines is 1. The second-order valence-electron chi connectivity index (χ2n) is 7.30. The van der Waals surface area contributed by atoms with Crippen LogP contribution in [-0.4, -0.2) is 56.6 Å². The van der Waals surface area contributed by atoms with Gasteiger partial charge in [0.05, 0.1) is 13.2 Å². The predicted octanol–water partition coefficient (Wildman–Crippen LogP) is 2.61. The topological polar surface area (TPSA) is 61.9 Å². The molecule has 0 bridgehead atoms. The van der Waals surface area contributed by atoms with E-state index in [0.717, 1.165) is 43.1 Å². The number of carbonyl (C=O) groups is 2. The summed E-state index contributed by atoms with van der Waals surface area (Å²) in [4.78, 5) is 28.9. The fraction of sp³-hybridized carbons (Fsp3) is 0.391. The van der Waals surface area contributed by atoms with Gasteiger partial charge in [0.2, 0.25) is 5.91 Å². The standard InChI is InChI=1S/C23H29N3O3/c1-18-7-3-5-9-20(18)23(28)24-12-11-22(27)25(2)17-19-8-4-6-10-21(19)26-13-15-29-16-14-26/h3-10H,11-17H2,1-2H3,(H,24,28). The Morgan fingerprint density at radius 1 is 1.07 bits per heavy atom. The van der Waals surface area contributed by atoms with E-state index in [9.17, 15) is 9.59 Å². The number of morpholine rings is 1. The summed E-state index contributed by atoms with van der Waals surface area (Å²) < 4.78 is 5.44. The molecule has 2 aromatic carbocycles. The maximum absolute atomic E-state index is 12.6. The van der Waals surface area contributed by atoms with Crippen molar-refractivity contribution in [2.24, 2.45) is 0 Å². The molecule has 1 fully saturated rings. The van der Waals surface area contributed by atoms with Gasteiger partial charge in [0.25, 0.3) is 5.91 Å². The van der Waals surface area contributed by atoms with Crippen LogP contribution in [0.25, 0.3) is 0 Å². The van der Waals surface area contributed by atoms with Crippen LogP contribution in [0.5, 0.6) is 0 Å². The van der Waals surface area contributed by atoms with Crippen molar-refractivity contribution in [3.8, 4) is 0 Å². The lowest BCUT2D eigenvalue weighted by Gasteiger charge is -2.31. The monoisotopic (exact) mass is 395 g/mol. The second kappa shape index (κ2) is 10.1. The van der Waals surface area contributed by atoms with Crippen molar-refractivity contribution in [2.75, 3.05) is 44.8 Å². The lowest BCUT2D eigenvalue weighted by molar-refractivity contribution is -0.130. The van der Waals surface area contributed by atoms with Crippen molar-refractivity contribution in [2.45, 2.75) is 19.9 Å². The zero-order valence-corrected chi connectivity index (χ0v) is 17.2. The van der Waals surface area contributed by atoms with E-state index in [1.807, 2.05) is 44.3 Å². The minimum atomic E-state index is -0.142. The Morgan fingerprint density at radius 3 is 2.52 bits per heavy atom. The van der Waals surface area contributed by atoms with Crippen LogP contribution in [0.1, 0.15) is 27.9 Å². The highest BCUT2D eigenvalue weighted by atomic mass is 16.5. The van der Waals surface area contributed by atoms with Crippen LogP contribution in [-0.2, 0) is 16.1 Å². The van der Waals surface area contributed by atoms with Crippen LogP contribution < -0.4 is 10.2 Å². The molecular weight excluding hydrogens is 366 g/mol. The van der Waals surface area contributed by atoms with Crippen LogP contribution in [0.4, 0.5) is 5.69 Å². The Balaban J connectivity index is 1.52. The van der Waals surface area contributed by atoms with E-state index in [2.05, 4.69) is 22.3 Å². The average molecular weight is 396 g/mol. The van der Waals surface area contributed by atoms with Gasteiger partial charge in [0.15, 0.2) is 0 Å². The highest BCUT2D eigenvalue weighted by Gasteiger charge is 2.17. The third kappa shape index (κ3) is 5.57. The number of benzene rings is 2. The largest absolute Gasteiger partial charge is 0.378 e. The SMILES string of the molecule is Cc1ccccc1C(=O)NCCC(=O)N(C)Cc1ccccc1N1CCOCC1. The fourth-order valence-electron chi connectivity index (χ4n) is 3.50. The zero-order chi connectivity index (χ0) is 20.6. The molecule has 0 unspecified atom stereocenters. The van der Waals surface area contributed by atoms with E-state index in [4.69, 9.17) is 4.74 Å². The average Bonchev–Trinajstić information content (AvgIpc) is 2.75. The van der Waals surface area contributed by atoms with Gasteiger partial charge < -0.3 is 19.9 Å². The first-order valence-electron chi connectivity index (χ1n) is 10.0. The third-order valence-corrected chi connectivity index (χ3v) is 5.19. The van der Waals surface area contributed by atoms with Crippen LogP contribution in [0.15, 0.2) is 48.5 Å². The third-order valence-electron chi connectivity index (χ3n) is 5.19. The zero-order valence-electron chi connectivity index (χ0n) is 17.2. The van der Waals surface area contributed by atoms with Crippen molar-refractivity contribution in [3.63, 3.8) is 0 Å². The van der Waals surface area contributed by atoms with E-state index in [-0.39, 0.29) is 18.2 Å². The van der Waals surface area contributed by atoms with E-state index in [0.29, 0.717) is 18.7 Å². The predicted molar refractivity (Wildman–Crippen MR) is 114 cm³/mol. The summed E-state index contributed by atoms with van der Waals surface area (Å²) in [6.07, 6.45) is 0.272. The number of carbonyl (C=O) groups excluding carboxylic acids is 2. The summed E-state index contributed by atoms with van der Waals surface area (Å²) in [7, 11) is 1.81. The van der Waals surface area contributed by atoms with Crippen molar-refractivity contribution >= 4 is 17.5 Å². The maximum Gasteiger partial charge on any atom is 0.251 e. The molecule has 1 N–H and O–H groups in total. The van der Waals surface area contributed by atoms with Crippen LogP contribution in [0.3, 0.4) is 0 Å². The minimum Gasteiger partial charge on any atom is -0.378 e. The normalized spacial score (nSPS) is 13.8. The van der Waals surface area contributed by atoms with Gasteiger partial charge in [0, 0.05) is 50.9 Å². The molecule has 0 radical (unpaired) electrons. The number of hydrogen-bond donors (Lipinski definition) is 1. The Labute approximate surface area is 172 Å². The highest BCUT2D eigenvalue weighted by molar-refractivity contribution is 5.95. The number of ether oxygens (including phenoxy) is 1. The molecular formula is C23H29N3O3. The minimum absolute atomic E-state index is 0.00636. The van der Waals surface area contributed by atoms with Gasteiger partial charge in [0.1, 0.15) is 0 Å². The first kappa shape index (κ1) is 20.9. The molecule has 1 saturated heterocycles.